The molecule has 122 valence electrons. The molecule has 0 aliphatic carbocycles. The van der Waals surface area contributed by atoms with E-state index in [0.717, 1.165) is 10.8 Å². The molecule has 1 aromatic rings. The van der Waals surface area contributed by atoms with Crippen molar-refractivity contribution in [1.82, 2.24) is 14.5 Å². The second-order valence-corrected chi connectivity index (χ2v) is 8.08. The fourth-order valence-electron chi connectivity index (χ4n) is 1.91. The van der Waals surface area contributed by atoms with Gasteiger partial charge in [0.05, 0.1) is 6.54 Å². The molecule has 0 saturated heterocycles. The lowest BCUT2D eigenvalue weighted by Gasteiger charge is -2.25. The van der Waals surface area contributed by atoms with E-state index in [9.17, 15) is 8.42 Å². The molecule has 1 N–H and O–H groups in total. The maximum atomic E-state index is 11.9. The molecule has 0 aromatic carbocycles. The van der Waals surface area contributed by atoms with Crippen molar-refractivity contribution in [2.75, 3.05) is 34.7 Å². The van der Waals surface area contributed by atoms with E-state index >= 15 is 0 Å². The number of rotatable bonds is 8. The molecule has 6 nitrogen and oxygen atoms in total. The molecule has 0 radical (unpaired) electrons. The molecule has 1 unspecified atom stereocenters. The number of sulfonamides is 1. The number of likely N-dealkylation sites (N-methyl/N-ethyl adjacent to an activating group) is 1. The number of hydrogen-bond donors (Lipinski definition) is 1. The normalized spacial score (nSPS) is 14.3. The van der Waals surface area contributed by atoms with Gasteiger partial charge in [0.1, 0.15) is 5.76 Å². The van der Waals surface area contributed by atoms with Gasteiger partial charge in [-0.3, -0.25) is 0 Å². The lowest BCUT2D eigenvalue weighted by atomic mass is 10.0. The molecule has 0 saturated carbocycles. The highest BCUT2D eigenvalue weighted by atomic mass is 32.2. The molecule has 1 rings (SSSR count). The molecular formula is C14H27N3O3S. The fraction of sp³-hybridized carbons (Fsp3) is 0.714. The Bertz CT molecular complexity index is 535. The molecule has 0 fully saturated rings. The Morgan fingerprint density at radius 2 is 1.81 bits per heavy atom. The van der Waals surface area contributed by atoms with Crippen LogP contribution in [-0.2, 0) is 16.6 Å². The van der Waals surface area contributed by atoms with Gasteiger partial charge in [-0.15, -0.1) is 0 Å². The summed E-state index contributed by atoms with van der Waals surface area (Å²) in [6.45, 7) is 5.75. The molecule has 1 aromatic heterocycles. The summed E-state index contributed by atoms with van der Waals surface area (Å²) in [5.41, 5.74) is 0. The third kappa shape index (κ3) is 5.10. The van der Waals surface area contributed by atoms with Gasteiger partial charge in [-0.1, -0.05) is 13.8 Å². The van der Waals surface area contributed by atoms with E-state index in [1.165, 1.54) is 20.2 Å². The molecule has 0 spiro atoms. The molecular weight excluding hydrogens is 290 g/mol. The molecule has 0 aliphatic rings. The minimum atomic E-state index is -3.50. The van der Waals surface area contributed by atoms with Crippen LogP contribution in [0, 0.1) is 5.92 Å². The highest BCUT2D eigenvalue weighted by molar-refractivity contribution is 7.88. The number of nitrogens with zero attached hydrogens (tertiary/aromatic N) is 2. The van der Waals surface area contributed by atoms with Crippen molar-refractivity contribution in [2.45, 2.75) is 31.5 Å². The monoisotopic (exact) mass is 317 g/mol. The Morgan fingerprint density at radius 1 is 1.19 bits per heavy atom. The van der Waals surface area contributed by atoms with Crippen molar-refractivity contribution in [3.05, 3.63) is 17.9 Å². The maximum absolute atomic E-state index is 11.9. The van der Waals surface area contributed by atoms with Crippen LogP contribution in [0.1, 0.15) is 19.6 Å². The van der Waals surface area contributed by atoms with E-state index in [2.05, 4.69) is 24.1 Å². The Balaban J connectivity index is 2.71. The van der Waals surface area contributed by atoms with E-state index < -0.39 is 10.0 Å². The minimum absolute atomic E-state index is 0.0157. The highest BCUT2D eigenvalue weighted by Crippen LogP contribution is 2.17. The Labute approximate surface area is 128 Å². The summed E-state index contributed by atoms with van der Waals surface area (Å²) in [4.78, 5) is 2.13. The third-order valence-corrected chi connectivity index (χ3v) is 4.97. The smallest absolute Gasteiger partial charge is 0.275 e. The number of furan rings is 1. The fourth-order valence-corrected chi connectivity index (χ4v) is 2.72. The molecule has 1 heterocycles. The van der Waals surface area contributed by atoms with Gasteiger partial charge in [0, 0.05) is 26.7 Å². The molecule has 1 atom stereocenters. The van der Waals surface area contributed by atoms with Gasteiger partial charge in [0.2, 0.25) is 5.09 Å². The average molecular weight is 317 g/mol. The summed E-state index contributed by atoms with van der Waals surface area (Å²) in [5.74, 6) is 1.10. The zero-order chi connectivity index (χ0) is 16.2. The minimum Gasteiger partial charge on any atom is -0.447 e. The SMILES string of the molecule is CC(C)C(CN(C)C)NCc1ccc(S(=O)(=O)N(C)C)o1. The van der Waals surface area contributed by atoms with Crippen LogP contribution in [0.15, 0.2) is 21.6 Å². The lowest BCUT2D eigenvalue weighted by Crippen LogP contribution is -2.41. The zero-order valence-corrected chi connectivity index (χ0v) is 14.6. The predicted octanol–water partition coefficient (Wildman–Crippen LogP) is 1.21. The summed E-state index contributed by atoms with van der Waals surface area (Å²) in [6, 6.07) is 3.53. The quantitative estimate of drug-likeness (QED) is 0.780. The third-order valence-electron chi connectivity index (χ3n) is 3.28. The van der Waals surface area contributed by atoms with Crippen LogP contribution in [0.5, 0.6) is 0 Å². The van der Waals surface area contributed by atoms with Crippen LogP contribution in [0.4, 0.5) is 0 Å². The van der Waals surface area contributed by atoms with E-state index in [1.807, 2.05) is 14.1 Å². The van der Waals surface area contributed by atoms with Gasteiger partial charge in [0.25, 0.3) is 10.0 Å². The van der Waals surface area contributed by atoms with E-state index in [-0.39, 0.29) is 5.09 Å². The van der Waals surface area contributed by atoms with Crippen LogP contribution >= 0.6 is 0 Å². The van der Waals surface area contributed by atoms with Crippen molar-refractivity contribution in [1.29, 1.82) is 0 Å². The Kier molecular flexibility index (Phi) is 6.40. The number of nitrogens with one attached hydrogen (secondary N) is 1. The van der Waals surface area contributed by atoms with Gasteiger partial charge < -0.3 is 14.6 Å². The summed E-state index contributed by atoms with van der Waals surface area (Å²) < 4.78 is 30.5. The first-order valence-corrected chi connectivity index (χ1v) is 8.48. The Morgan fingerprint density at radius 3 is 2.29 bits per heavy atom. The van der Waals surface area contributed by atoms with Gasteiger partial charge >= 0.3 is 0 Å². The largest absolute Gasteiger partial charge is 0.447 e. The van der Waals surface area contributed by atoms with Gasteiger partial charge in [-0.05, 0) is 32.1 Å². The molecule has 0 amide bonds. The standard InChI is InChI=1S/C14H27N3O3S/c1-11(2)13(10-16(3)4)15-9-12-7-8-14(20-12)21(18,19)17(5)6/h7-8,11,13,15H,9-10H2,1-6H3. The van der Waals surface area contributed by atoms with Gasteiger partial charge in [0.15, 0.2) is 0 Å². The van der Waals surface area contributed by atoms with Gasteiger partial charge in [-0.25, -0.2) is 12.7 Å². The maximum Gasteiger partial charge on any atom is 0.275 e. The van der Waals surface area contributed by atoms with Crippen LogP contribution < -0.4 is 5.32 Å². The summed E-state index contributed by atoms with van der Waals surface area (Å²) in [5, 5.41) is 3.40. The first-order chi connectivity index (χ1) is 9.64. The molecule has 7 heteroatoms. The second kappa shape index (κ2) is 7.40. The number of hydrogen-bond acceptors (Lipinski definition) is 5. The van der Waals surface area contributed by atoms with E-state index in [0.29, 0.717) is 24.3 Å². The van der Waals surface area contributed by atoms with E-state index in [1.54, 1.807) is 6.07 Å². The summed E-state index contributed by atoms with van der Waals surface area (Å²) in [6.07, 6.45) is 0. The van der Waals surface area contributed by atoms with Crippen molar-refractivity contribution in [3.63, 3.8) is 0 Å². The van der Waals surface area contributed by atoms with Crippen molar-refractivity contribution < 1.29 is 12.8 Å². The van der Waals surface area contributed by atoms with E-state index in [4.69, 9.17) is 4.42 Å². The van der Waals surface area contributed by atoms with Crippen LogP contribution in [0.25, 0.3) is 0 Å². The molecule has 21 heavy (non-hydrogen) atoms. The Hall–Kier alpha value is -0.890. The van der Waals surface area contributed by atoms with Crippen LogP contribution in [-0.4, -0.2) is 58.4 Å². The average Bonchev–Trinajstić information content (AvgIpc) is 2.82. The lowest BCUT2D eigenvalue weighted by molar-refractivity contribution is 0.278. The molecule has 0 bridgehead atoms. The first kappa shape index (κ1) is 18.2. The summed E-state index contributed by atoms with van der Waals surface area (Å²) in [7, 11) is 3.54. The highest BCUT2D eigenvalue weighted by Gasteiger charge is 2.22. The van der Waals surface area contributed by atoms with Crippen molar-refractivity contribution in [3.8, 4) is 0 Å². The zero-order valence-electron chi connectivity index (χ0n) is 13.8. The van der Waals surface area contributed by atoms with Gasteiger partial charge in [-0.2, -0.15) is 0 Å². The molecule has 0 aliphatic heterocycles. The van der Waals surface area contributed by atoms with Crippen LogP contribution in [0.3, 0.4) is 0 Å². The topological polar surface area (TPSA) is 65.8 Å². The predicted molar refractivity (Wildman–Crippen MR) is 83.6 cm³/mol. The second-order valence-electron chi connectivity index (χ2n) is 6.00. The van der Waals surface area contributed by atoms with Crippen molar-refractivity contribution >= 4 is 10.0 Å². The summed E-state index contributed by atoms with van der Waals surface area (Å²) >= 11 is 0. The van der Waals surface area contributed by atoms with Crippen LogP contribution in [0.2, 0.25) is 0 Å². The van der Waals surface area contributed by atoms with Crippen molar-refractivity contribution in [2.24, 2.45) is 5.92 Å². The first-order valence-electron chi connectivity index (χ1n) is 7.04.